The van der Waals surface area contributed by atoms with E-state index in [1.165, 1.54) is 0 Å². The minimum absolute atomic E-state index is 0.0894. The van der Waals surface area contributed by atoms with Gasteiger partial charge in [-0.1, -0.05) is 38.6 Å². The molecule has 1 unspecified atom stereocenters. The van der Waals surface area contributed by atoms with Gasteiger partial charge in [-0.25, -0.2) is 0 Å². The summed E-state index contributed by atoms with van der Waals surface area (Å²) in [6.45, 7) is 15.1. The summed E-state index contributed by atoms with van der Waals surface area (Å²) in [4.78, 5) is 30.3. The molecule has 2 aromatic carbocycles. The highest BCUT2D eigenvalue weighted by Gasteiger charge is 2.46. The molecule has 36 heavy (non-hydrogen) atoms. The molecule has 0 aromatic heterocycles. The van der Waals surface area contributed by atoms with Crippen molar-refractivity contribution >= 4 is 17.4 Å². The molecule has 1 fully saturated rings. The summed E-state index contributed by atoms with van der Waals surface area (Å²) in [6.07, 6.45) is 1.66. The second-order valence-electron chi connectivity index (χ2n) is 8.60. The van der Waals surface area contributed by atoms with Crippen LogP contribution >= 0.6 is 0 Å². The van der Waals surface area contributed by atoms with E-state index < -0.39 is 17.7 Å². The van der Waals surface area contributed by atoms with E-state index in [1.807, 2.05) is 32.0 Å². The molecule has 0 spiro atoms. The highest BCUT2D eigenvalue weighted by atomic mass is 16.5. The lowest BCUT2D eigenvalue weighted by atomic mass is 9.94. The van der Waals surface area contributed by atoms with Gasteiger partial charge in [-0.15, -0.1) is 0 Å². The number of hydrogen-bond donors (Lipinski definition) is 1. The summed E-state index contributed by atoms with van der Waals surface area (Å²) >= 11 is 0. The normalized spacial score (nSPS) is 17.0. The van der Waals surface area contributed by atoms with Gasteiger partial charge in [-0.05, 0) is 68.4 Å². The molecule has 192 valence electrons. The fourth-order valence-electron chi connectivity index (χ4n) is 4.45. The first kappa shape index (κ1) is 27.0. The van der Waals surface area contributed by atoms with E-state index >= 15 is 0 Å². The average Bonchev–Trinajstić information content (AvgIpc) is 3.13. The summed E-state index contributed by atoms with van der Waals surface area (Å²) in [7, 11) is 0. The quantitative estimate of drug-likeness (QED) is 0.200. The topological polar surface area (TPSA) is 79.3 Å². The number of carbonyl (C=O) groups is 2. The summed E-state index contributed by atoms with van der Waals surface area (Å²) in [5.41, 5.74) is 2.06. The minimum atomic E-state index is -0.708. The third-order valence-electron chi connectivity index (χ3n) is 6.42. The Morgan fingerprint density at radius 3 is 2.31 bits per heavy atom. The number of Topliss-reactive ketones (excluding diaryl/α,β-unsaturated/α-hetero) is 1. The van der Waals surface area contributed by atoms with Gasteiger partial charge in [0.15, 0.2) is 0 Å². The molecule has 7 nitrogen and oxygen atoms in total. The highest BCUT2D eigenvalue weighted by Crippen LogP contribution is 2.40. The molecule has 2 aromatic rings. The van der Waals surface area contributed by atoms with Crippen LogP contribution in [-0.4, -0.2) is 66.0 Å². The Morgan fingerprint density at radius 1 is 1.06 bits per heavy atom. The molecule has 7 heteroatoms. The predicted molar refractivity (Wildman–Crippen MR) is 141 cm³/mol. The molecule has 0 radical (unpaired) electrons. The van der Waals surface area contributed by atoms with Gasteiger partial charge in [0.25, 0.3) is 11.7 Å². The first-order valence-corrected chi connectivity index (χ1v) is 12.4. The Morgan fingerprint density at radius 2 is 1.72 bits per heavy atom. The maximum atomic E-state index is 13.3. The molecule has 1 aliphatic heterocycles. The van der Waals surface area contributed by atoms with Gasteiger partial charge in [0.2, 0.25) is 0 Å². The number of aryl methyl sites for hydroxylation is 1. The van der Waals surface area contributed by atoms with Crippen molar-refractivity contribution in [3.63, 3.8) is 0 Å². The SMILES string of the molecule is C=CCOc1ccc(C2C(=C(O)c3ccc(OCC)cc3C)C(=O)C(=O)N2CCN(CC)CC)cc1. The standard InChI is InChI=1S/C29H36N2O5/c1-6-18-36-22-12-10-21(11-13-22)26-25(27(32)24-15-14-23(35-9-4)19-20(24)5)28(33)29(34)31(26)17-16-30(7-2)8-3/h6,10-15,19,26,32H,1,7-9,16-18H2,2-5H3. The molecule has 1 saturated heterocycles. The van der Waals surface area contributed by atoms with Gasteiger partial charge in [-0.3, -0.25) is 9.59 Å². The van der Waals surface area contributed by atoms with E-state index in [0.717, 1.165) is 24.2 Å². The summed E-state index contributed by atoms with van der Waals surface area (Å²) in [5, 5.41) is 11.4. The zero-order chi connectivity index (χ0) is 26.2. The molecule has 3 rings (SSSR count). The maximum Gasteiger partial charge on any atom is 0.295 e. The number of likely N-dealkylation sites (N-methyl/N-ethyl adjacent to an activating group) is 1. The van der Waals surface area contributed by atoms with Crippen LogP contribution in [0.15, 0.2) is 60.7 Å². The van der Waals surface area contributed by atoms with Crippen molar-refractivity contribution in [2.45, 2.75) is 33.7 Å². The van der Waals surface area contributed by atoms with Crippen LogP contribution in [0.2, 0.25) is 0 Å². The number of carbonyl (C=O) groups excluding carboxylic acids is 2. The number of likely N-dealkylation sites (tertiary alicyclic amines) is 1. The van der Waals surface area contributed by atoms with Crippen molar-refractivity contribution < 1.29 is 24.2 Å². The van der Waals surface area contributed by atoms with E-state index in [2.05, 4.69) is 25.3 Å². The fraction of sp³-hybridized carbons (Fsp3) is 0.379. The van der Waals surface area contributed by atoms with Gasteiger partial charge in [-0.2, -0.15) is 0 Å². The number of aliphatic hydroxyl groups is 1. The second-order valence-corrected chi connectivity index (χ2v) is 8.60. The van der Waals surface area contributed by atoms with Crippen LogP contribution in [0.4, 0.5) is 0 Å². The van der Waals surface area contributed by atoms with Gasteiger partial charge >= 0.3 is 0 Å². The first-order chi connectivity index (χ1) is 17.4. The maximum absolute atomic E-state index is 13.3. The smallest absolute Gasteiger partial charge is 0.295 e. The van der Waals surface area contributed by atoms with Gasteiger partial charge in [0.1, 0.15) is 23.9 Å². The Hall–Kier alpha value is -3.58. The lowest BCUT2D eigenvalue weighted by molar-refractivity contribution is -0.140. The summed E-state index contributed by atoms with van der Waals surface area (Å²) in [5.74, 6) is -0.142. The monoisotopic (exact) mass is 492 g/mol. The number of ketones is 1. The number of nitrogens with zero attached hydrogens (tertiary/aromatic N) is 2. The largest absolute Gasteiger partial charge is 0.507 e. The predicted octanol–water partition coefficient (Wildman–Crippen LogP) is 4.72. The molecule has 1 atom stereocenters. The van der Waals surface area contributed by atoms with Crippen molar-refractivity contribution in [1.29, 1.82) is 0 Å². The first-order valence-electron chi connectivity index (χ1n) is 12.4. The molecular weight excluding hydrogens is 456 g/mol. The Labute approximate surface area is 213 Å². The zero-order valence-electron chi connectivity index (χ0n) is 21.6. The number of rotatable bonds is 12. The van der Waals surface area contributed by atoms with Crippen LogP contribution in [0.3, 0.4) is 0 Å². The van der Waals surface area contributed by atoms with Gasteiger partial charge in [0.05, 0.1) is 18.2 Å². The Balaban J connectivity index is 2.08. The molecule has 1 amide bonds. The zero-order valence-corrected chi connectivity index (χ0v) is 21.6. The van der Waals surface area contributed by atoms with Crippen LogP contribution < -0.4 is 9.47 Å². The molecular formula is C29H36N2O5. The highest BCUT2D eigenvalue weighted by molar-refractivity contribution is 6.46. The van der Waals surface area contributed by atoms with E-state index in [0.29, 0.717) is 43.4 Å². The Bertz CT molecular complexity index is 1120. The number of benzene rings is 2. The van der Waals surface area contributed by atoms with E-state index in [1.54, 1.807) is 35.2 Å². The van der Waals surface area contributed by atoms with Gasteiger partial charge in [0, 0.05) is 18.7 Å². The van der Waals surface area contributed by atoms with Crippen LogP contribution in [0.1, 0.15) is 43.5 Å². The number of ether oxygens (including phenoxy) is 2. The Kier molecular flexibility index (Phi) is 9.31. The number of aliphatic hydroxyl groups excluding tert-OH is 1. The second kappa shape index (κ2) is 12.4. The number of amides is 1. The molecule has 1 heterocycles. The fourth-order valence-corrected chi connectivity index (χ4v) is 4.45. The van der Waals surface area contributed by atoms with Crippen molar-refractivity contribution in [3.05, 3.63) is 77.4 Å². The van der Waals surface area contributed by atoms with Crippen LogP contribution in [0.25, 0.3) is 5.76 Å². The van der Waals surface area contributed by atoms with Crippen LogP contribution in [0, 0.1) is 6.92 Å². The van der Waals surface area contributed by atoms with Gasteiger partial charge < -0.3 is 24.4 Å². The van der Waals surface area contributed by atoms with E-state index in [-0.39, 0.29) is 11.3 Å². The van der Waals surface area contributed by atoms with E-state index in [9.17, 15) is 14.7 Å². The third kappa shape index (κ3) is 5.79. The van der Waals surface area contributed by atoms with Crippen LogP contribution in [0.5, 0.6) is 11.5 Å². The van der Waals surface area contributed by atoms with Crippen molar-refractivity contribution in [1.82, 2.24) is 9.80 Å². The third-order valence-corrected chi connectivity index (χ3v) is 6.42. The average molecular weight is 493 g/mol. The molecule has 1 aliphatic rings. The van der Waals surface area contributed by atoms with Crippen molar-refractivity contribution in [3.8, 4) is 11.5 Å². The van der Waals surface area contributed by atoms with Crippen LogP contribution in [-0.2, 0) is 9.59 Å². The summed E-state index contributed by atoms with van der Waals surface area (Å²) < 4.78 is 11.2. The summed E-state index contributed by atoms with van der Waals surface area (Å²) in [6, 6.07) is 11.8. The molecule has 0 aliphatic carbocycles. The van der Waals surface area contributed by atoms with Crippen molar-refractivity contribution in [2.24, 2.45) is 0 Å². The lowest BCUT2D eigenvalue weighted by Gasteiger charge is -2.28. The van der Waals surface area contributed by atoms with Crippen molar-refractivity contribution in [2.75, 3.05) is 39.4 Å². The number of hydrogen-bond acceptors (Lipinski definition) is 6. The minimum Gasteiger partial charge on any atom is -0.507 e. The molecule has 0 bridgehead atoms. The molecule has 0 saturated carbocycles. The van der Waals surface area contributed by atoms with E-state index in [4.69, 9.17) is 9.47 Å². The molecule has 1 N–H and O–H groups in total. The lowest BCUT2D eigenvalue weighted by Crippen LogP contribution is -2.38.